The van der Waals surface area contributed by atoms with Crippen LogP contribution in [0.5, 0.6) is 5.75 Å². The highest BCUT2D eigenvalue weighted by Crippen LogP contribution is 2.44. The van der Waals surface area contributed by atoms with Gasteiger partial charge in [0.25, 0.3) is 0 Å². The number of urea groups is 1. The third-order valence-electron chi connectivity index (χ3n) is 3.57. The number of halogens is 1. The monoisotopic (exact) mass is 296 g/mol. The van der Waals surface area contributed by atoms with Crippen molar-refractivity contribution in [3.63, 3.8) is 0 Å². The Bertz CT molecular complexity index is 504. The Kier molecular flexibility index (Phi) is 5.01. The van der Waals surface area contributed by atoms with Crippen molar-refractivity contribution < 1.29 is 19.0 Å². The highest BCUT2D eigenvalue weighted by atomic mass is 19.1. The van der Waals surface area contributed by atoms with Crippen LogP contribution in [0.1, 0.15) is 26.2 Å². The molecule has 0 atom stereocenters. The number of aliphatic hydroxyl groups excluding tert-OH is 1. The number of carbonyl (C=O) groups excluding carboxylic acids is 1. The molecule has 0 aromatic heterocycles. The number of anilines is 1. The number of hydrogen-bond acceptors (Lipinski definition) is 3. The molecule has 0 heterocycles. The van der Waals surface area contributed by atoms with Crippen LogP contribution in [0.25, 0.3) is 0 Å². The minimum absolute atomic E-state index is 0.0781. The lowest BCUT2D eigenvalue weighted by Gasteiger charge is -2.15. The molecule has 5 nitrogen and oxygen atoms in total. The number of rotatable bonds is 7. The molecule has 0 unspecified atom stereocenters. The largest absolute Gasteiger partial charge is 0.491 e. The lowest BCUT2D eigenvalue weighted by Crippen LogP contribution is -2.35. The molecular formula is C15H21FN2O3. The van der Waals surface area contributed by atoms with Gasteiger partial charge >= 0.3 is 6.03 Å². The van der Waals surface area contributed by atoms with Crippen LogP contribution >= 0.6 is 0 Å². The Balaban J connectivity index is 1.93. The van der Waals surface area contributed by atoms with Crippen LogP contribution in [0.2, 0.25) is 0 Å². The first-order valence-corrected chi connectivity index (χ1v) is 7.17. The number of ether oxygens (including phenoxy) is 1. The van der Waals surface area contributed by atoms with Crippen LogP contribution in [0.4, 0.5) is 14.9 Å². The van der Waals surface area contributed by atoms with Gasteiger partial charge < -0.3 is 20.5 Å². The normalized spacial score (nSPS) is 15.4. The van der Waals surface area contributed by atoms with Gasteiger partial charge in [0.2, 0.25) is 0 Å². The van der Waals surface area contributed by atoms with Crippen LogP contribution in [0, 0.1) is 11.2 Å². The molecule has 0 spiro atoms. The lowest BCUT2D eigenvalue weighted by molar-refractivity contribution is 0.206. The molecule has 1 aliphatic rings. The average molecular weight is 296 g/mol. The van der Waals surface area contributed by atoms with Gasteiger partial charge in [-0.05, 0) is 31.4 Å². The SMILES string of the molecule is CCCOc1cc(F)ccc1NC(=O)NCC1(CO)CC1. The van der Waals surface area contributed by atoms with Crippen molar-refractivity contribution >= 4 is 11.7 Å². The Labute approximate surface area is 123 Å². The standard InChI is InChI=1S/C15H21FN2O3/c1-2-7-21-13-8-11(16)3-4-12(13)18-14(20)17-9-15(10-19)5-6-15/h3-4,8,19H,2,5-7,9-10H2,1H3,(H2,17,18,20). The Hall–Kier alpha value is -1.82. The van der Waals surface area contributed by atoms with Gasteiger partial charge in [0, 0.05) is 18.0 Å². The van der Waals surface area contributed by atoms with Gasteiger partial charge in [-0.1, -0.05) is 6.92 Å². The molecule has 116 valence electrons. The van der Waals surface area contributed by atoms with Gasteiger partial charge in [-0.15, -0.1) is 0 Å². The van der Waals surface area contributed by atoms with E-state index in [0.717, 1.165) is 19.3 Å². The van der Waals surface area contributed by atoms with Crippen molar-refractivity contribution in [2.45, 2.75) is 26.2 Å². The minimum atomic E-state index is -0.413. The second-order valence-corrected chi connectivity index (χ2v) is 5.45. The highest BCUT2D eigenvalue weighted by Gasteiger charge is 2.42. The van der Waals surface area contributed by atoms with E-state index in [4.69, 9.17) is 4.74 Å². The Morgan fingerprint density at radius 1 is 1.48 bits per heavy atom. The summed E-state index contributed by atoms with van der Waals surface area (Å²) in [5.41, 5.74) is 0.276. The van der Waals surface area contributed by atoms with Crippen molar-refractivity contribution in [1.29, 1.82) is 0 Å². The molecule has 3 N–H and O–H groups in total. The van der Waals surface area contributed by atoms with Crippen LogP contribution in [-0.4, -0.2) is 30.9 Å². The summed E-state index contributed by atoms with van der Waals surface area (Å²) in [5.74, 6) is -0.0976. The molecule has 1 saturated carbocycles. The number of hydrogen-bond donors (Lipinski definition) is 3. The smallest absolute Gasteiger partial charge is 0.319 e. The van der Waals surface area contributed by atoms with Gasteiger partial charge in [0.05, 0.1) is 18.9 Å². The molecule has 2 amide bonds. The van der Waals surface area contributed by atoms with E-state index in [1.165, 1.54) is 18.2 Å². The summed E-state index contributed by atoms with van der Waals surface area (Å²) in [6.07, 6.45) is 2.64. The fraction of sp³-hybridized carbons (Fsp3) is 0.533. The molecule has 2 rings (SSSR count). The number of benzene rings is 1. The maximum Gasteiger partial charge on any atom is 0.319 e. The summed E-state index contributed by atoms with van der Waals surface area (Å²) >= 11 is 0. The Morgan fingerprint density at radius 2 is 2.24 bits per heavy atom. The van der Waals surface area contributed by atoms with Crippen molar-refractivity contribution in [2.75, 3.05) is 25.1 Å². The maximum absolute atomic E-state index is 13.2. The topological polar surface area (TPSA) is 70.6 Å². The second-order valence-electron chi connectivity index (χ2n) is 5.45. The van der Waals surface area contributed by atoms with E-state index in [1.807, 2.05) is 6.92 Å². The van der Waals surface area contributed by atoms with Gasteiger partial charge in [0.1, 0.15) is 11.6 Å². The van der Waals surface area contributed by atoms with E-state index in [0.29, 0.717) is 24.6 Å². The summed E-state index contributed by atoms with van der Waals surface area (Å²) in [6.45, 7) is 2.91. The number of aliphatic hydroxyl groups is 1. The molecule has 0 bridgehead atoms. The van der Waals surface area contributed by atoms with Crippen LogP contribution in [0.3, 0.4) is 0 Å². The fourth-order valence-corrected chi connectivity index (χ4v) is 1.93. The van der Waals surface area contributed by atoms with E-state index in [9.17, 15) is 14.3 Å². The van der Waals surface area contributed by atoms with E-state index in [1.54, 1.807) is 0 Å². The van der Waals surface area contributed by atoms with Gasteiger partial charge in [0.15, 0.2) is 0 Å². The lowest BCUT2D eigenvalue weighted by atomic mass is 10.1. The van der Waals surface area contributed by atoms with Gasteiger partial charge in [-0.3, -0.25) is 0 Å². The fourth-order valence-electron chi connectivity index (χ4n) is 1.93. The summed E-state index contributed by atoms with van der Waals surface area (Å²) in [7, 11) is 0. The van der Waals surface area contributed by atoms with E-state index >= 15 is 0 Å². The van der Waals surface area contributed by atoms with Crippen LogP contribution in [0.15, 0.2) is 18.2 Å². The summed E-state index contributed by atoms with van der Waals surface area (Å²) < 4.78 is 18.7. The molecule has 0 aliphatic heterocycles. The molecule has 1 aromatic rings. The van der Waals surface area contributed by atoms with Crippen molar-refractivity contribution in [3.05, 3.63) is 24.0 Å². The predicted octanol–water partition coefficient (Wildman–Crippen LogP) is 2.51. The predicted molar refractivity (Wildman–Crippen MR) is 78.0 cm³/mol. The first kappa shape index (κ1) is 15.6. The zero-order chi connectivity index (χ0) is 15.3. The molecule has 1 aromatic carbocycles. The highest BCUT2D eigenvalue weighted by molar-refractivity contribution is 5.90. The van der Waals surface area contributed by atoms with E-state index in [2.05, 4.69) is 10.6 Å². The van der Waals surface area contributed by atoms with Crippen LogP contribution < -0.4 is 15.4 Å². The molecule has 1 fully saturated rings. The molecule has 21 heavy (non-hydrogen) atoms. The third-order valence-corrected chi connectivity index (χ3v) is 3.57. The molecular weight excluding hydrogens is 275 g/mol. The summed E-state index contributed by atoms with van der Waals surface area (Å²) in [5, 5.41) is 14.6. The molecule has 0 radical (unpaired) electrons. The van der Waals surface area contributed by atoms with Crippen molar-refractivity contribution in [1.82, 2.24) is 5.32 Å². The first-order chi connectivity index (χ1) is 10.1. The third kappa shape index (κ3) is 4.32. The number of carbonyl (C=O) groups is 1. The van der Waals surface area contributed by atoms with Gasteiger partial charge in [-0.2, -0.15) is 0 Å². The van der Waals surface area contributed by atoms with Crippen LogP contribution in [-0.2, 0) is 0 Å². The molecule has 6 heteroatoms. The quantitative estimate of drug-likeness (QED) is 0.724. The average Bonchev–Trinajstić information content (AvgIpc) is 3.26. The minimum Gasteiger partial charge on any atom is -0.491 e. The zero-order valence-corrected chi connectivity index (χ0v) is 12.1. The van der Waals surface area contributed by atoms with Gasteiger partial charge in [-0.25, -0.2) is 9.18 Å². The van der Waals surface area contributed by atoms with E-state index < -0.39 is 5.82 Å². The maximum atomic E-state index is 13.2. The van der Waals surface area contributed by atoms with E-state index in [-0.39, 0.29) is 18.1 Å². The first-order valence-electron chi connectivity index (χ1n) is 7.17. The van der Waals surface area contributed by atoms with Crippen molar-refractivity contribution in [3.8, 4) is 5.75 Å². The van der Waals surface area contributed by atoms with Crippen molar-refractivity contribution in [2.24, 2.45) is 5.41 Å². The Morgan fingerprint density at radius 3 is 2.86 bits per heavy atom. The summed E-state index contributed by atoms with van der Waals surface area (Å²) in [4.78, 5) is 11.9. The number of amides is 2. The number of nitrogens with one attached hydrogen (secondary N) is 2. The molecule has 0 saturated heterocycles. The zero-order valence-electron chi connectivity index (χ0n) is 12.1. The second kappa shape index (κ2) is 6.76. The molecule has 1 aliphatic carbocycles. The summed E-state index contributed by atoms with van der Waals surface area (Å²) in [6, 6.07) is 3.60.